The average Bonchev–Trinajstić information content (AvgIpc) is 3.25. The first kappa shape index (κ1) is 47.6. The first-order valence-electron chi connectivity index (χ1n) is 17.6. The summed E-state index contributed by atoms with van der Waals surface area (Å²) in [5.41, 5.74) is 10.3. The summed E-state index contributed by atoms with van der Waals surface area (Å²) >= 11 is 3.70. The number of hydrogen-bond donors (Lipinski definition) is 1. The molecule has 62 heavy (non-hydrogen) atoms. The first-order chi connectivity index (χ1) is 29.2. The Morgan fingerprint density at radius 1 is 0.742 bits per heavy atom. The third-order valence-electron chi connectivity index (χ3n) is 8.85. The number of fused-ring (bicyclic) bond motifs is 2. The number of aromatic nitrogens is 4. The number of alkyl halides is 3. The molecule has 0 bridgehead atoms. The molecule has 0 saturated heterocycles. The largest absolute Gasteiger partial charge is 2.00 e. The van der Waals surface area contributed by atoms with Gasteiger partial charge in [0.25, 0.3) is 19.4 Å². The number of nitrogens with zero attached hydrogens (tertiary/aromatic N) is 6. The molecular weight excluding hydrogens is 931 g/mol. The van der Waals surface area contributed by atoms with Crippen LogP contribution < -0.4 is 29.5 Å². The molecule has 0 fully saturated rings. The quantitative estimate of drug-likeness (QED) is 0.0566. The van der Waals surface area contributed by atoms with Gasteiger partial charge >= 0.3 is 25.7 Å². The Morgan fingerprint density at radius 2 is 1.18 bits per heavy atom. The fourth-order valence-electron chi connectivity index (χ4n) is 6.20. The van der Waals surface area contributed by atoms with Crippen molar-refractivity contribution < 1.29 is 61.2 Å². The van der Waals surface area contributed by atoms with Crippen LogP contribution in [0, 0.1) is 5.41 Å². The maximum Gasteiger partial charge on any atom is 2.00 e. The van der Waals surface area contributed by atoms with E-state index in [1.807, 2.05) is 36.4 Å². The van der Waals surface area contributed by atoms with Crippen molar-refractivity contribution >= 4 is 83.7 Å². The molecule has 2 aromatic carbocycles. The van der Waals surface area contributed by atoms with Crippen LogP contribution in [-0.4, -0.2) is 64.5 Å². The van der Waals surface area contributed by atoms with E-state index in [4.69, 9.17) is 30.8 Å². The number of ether oxygens (including phenoxy) is 3. The van der Waals surface area contributed by atoms with Crippen molar-refractivity contribution in [3.05, 3.63) is 139 Å². The summed E-state index contributed by atoms with van der Waals surface area (Å²) in [4.78, 5) is 50.8. The molecule has 2 N–H and O–H groups in total. The molecule has 6 aromatic rings. The molecule has 0 spiro atoms. The van der Waals surface area contributed by atoms with Crippen LogP contribution in [0.1, 0.15) is 5.69 Å². The van der Waals surface area contributed by atoms with Gasteiger partial charge in [-0.3, -0.25) is 34.7 Å². The number of pyridine rings is 4. The van der Waals surface area contributed by atoms with Gasteiger partial charge in [-0.25, -0.2) is 4.98 Å². The Morgan fingerprint density at radius 3 is 1.65 bits per heavy atom. The molecule has 0 saturated carbocycles. The van der Waals surface area contributed by atoms with Crippen LogP contribution in [0.5, 0.6) is 17.2 Å². The van der Waals surface area contributed by atoms with Crippen molar-refractivity contribution in [2.24, 2.45) is 0 Å². The van der Waals surface area contributed by atoms with Gasteiger partial charge in [0.1, 0.15) is 31.0 Å². The van der Waals surface area contributed by atoms with Gasteiger partial charge in [0, 0.05) is 65.6 Å². The van der Waals surface area contributed by atoms with E-state index in [-0.39, 0.29) is 48.9 Å². The standard InChI is InChI=1S/C23H20F3N4Si.C18H11N3O6.CNS.Ru/c1-31(2)20-9-5-3-7-18(20)30(19-8-4-6-10-21(19)31)15-11-12-29-17(13-15)16(27)14-22(28)23(24,25)26;22-9-25-12-1-3-19-15(5-12)17-7-14(27-11-24)8-18(21-17)16-6-13(26-10-23)2-4-20-16;2-1-3;/h3-14,27-28H,1-2H3;1-11H;;/q-1;;-1;+2/b16-14-,28-22?;;;. The number of carbonyl (C=O) groups excluding carboxylic acids is 3. The number of isothiocyanates is 1. The van der Waals surface area contributed by atoms with Crippen molar-refractivity contribution in [1.82, 2.24) is 19.9 Å². The fourth-order valence-corrected chi connectivity index (χ4v) is 9.19. The van der Waals surface area contributed by atoms with E-state index in [1.165, 1.54) is 70.5 Å². The van der Waals surface area contributed by atoms with Gasteiger partial charge in [0.15, 0.2) is 0 Å². The Bertz CT molecular complexity index is 2550. The number of rotatable bonds is 11. The van der Waals surface area contributed by atoms with E-state index in [1.54, 1.807) is 12.1 Å². The van der Waals surface area contributed by atoms with E-state index in [0.717, 1.165) is 11.4 Å². The van der Waals surface area contributed by atoms with Gasteiger partial charge < -0.3 is 30.3 Å². The predicted octanol–water partition coefficient (Wildman–Crippen LogP) is 8.13. The molecule has 0 aliphatic carbocycles. The number of thiocarbonyl (C=S) groups is 1. The second kappa shape index (κ2) is 21.4. The van der Waals surface area contributed by atoms with Crippen molar-refractivity contribution in [2.45, 2.75) is 19.3 Å². The van der Waals surface area contributed by atoms with Gasteiger partial charge in [0.05, 0.1) is 22.8 Å². The minimum absolute atomic E-state index is 0. The fraction of sp³-hybridized carbons (Fsp3) is 0.0714. The zero-order valence-corrected chi connectivity index (χ0v) is 35.9. The monoisotopic (exact) mass is 962 g/mol. The summed E-state index contributed by atoms with van der Waals surface area (Å²) in [6.07, 6.45) is 0.0525. The van der Waals surface area contributed by atoms with E-state index < -0.39 is 25.7 Å². The molecule has 7 rings (SSSR count). The third-order valence-corrected chi connectivity index (χ3v) is 12.4. The van der Waals surface area contributed by atoms with Crippen LogP contribution in [0.2, 0.25) is 13.1 Å². The number of allylic oxidation sites excluding steroid dienone is 1. The summed E-state index contributed by atoms with van der Waals surface area (Å²) in [7, 11) is -1.94. The van der Waals surface area contributed by atoms with Gasteiger partial charge in [-0.05, 0) is 52.8 Å². The maximum absolute atomic E-state index is 12.7. The second-order valence-electron chi connectivity index (χ2n) is 12.9. The molecule has 20 heteroatoms. The van der Waals surface area contributed by atoms with Crippen LogP contribution in [0.25, 0.3) is 39.6 Å². The Hall–Kier alpha value is -7.11. The number of carbonyl (C=O) groups is 3. The maximum atomic E-state index is 12.7. The van der Waals surface area contributed by atoms with E-state index in [9.17, 15) is 27.6 Å². The van der Waals surface area contributed by atoms with Gasteiger partial charge in [-0.1, -0.05) is 61.7 Å². The van der Waals surface area contributed by atoms with Crippen molar-refractivity contribution in [2.75, 3.05) is 4.90 Å². The van der Waals surface area contributed by atoms with Crippen LogP contribution >= 0.6 is 12.2 Å². The van der Waals surface area contributed by atoms with Gasteiger partial charge in [0.2, 0.25) is 0 Å². The normalized spacial score (nSPS) is 12.1. The van der Waals surface area contributed by atoms with Crippen LogP contribution in [0.15, 0.2) is 122 Å². The molecule has 5 heterocycles. The molecule has 0 radical (unpaired) electrons. The topological polar surface area (TPSA) is 204 Å². The zero-order chi connectivity index (χ0) is 44.2. The summed E-state index contributed by atoms with van der Waals surface area (Å²) in [6, 6.07) is 28.7. The first-order valence-corrected chi connectivity index (χ1v) is 21.0. The Labute approximate surface area is 371 Å². The number of halogens is 3. The minimum Gasteiger partial charge on any atom is -0.753 e. The molecular formula is C42H31F3N8O6RuSSi. The molecule has 0 unspecified atom stereocenters. The second-order valence-corrected chi connectivity index (χ2v) is 17.4. The van der Waals surface area contributed by atoms with Crippen molar-refractivity contribution in [3.8, 4) is 40.0 Å². The number of nitrogens with one attached hydrogen (secondary N) is 2. The minimum atomic E-state index is -4.80. The molecule has 314 valence electrons. The van der Waals surface area contributed by atoms with Gasteiger partial charge in [-0.2, -0.15) is 18.3 Å². The summed E-state index contributed by atoms with van der Waals surface area (Å²) in [5, 5.41) is 18.1. The van der Waals surface area contributed by atoms with E-state index >= 15 is 0 Å². The number of para-hydroxylation sites is 2. The van der Waals surface area contributed by atoms with Crippen LogP contribution in [0.4, 0.5) is 30.2 Å². The average molecular weight is 962 g/mol. The summed E-state index contributed by atoms with van der Waals surface area (Å²) < 4.78 is 52.7. The molecule has 1 aliphatic heterocycles. The Balaban J connectivity index is 0.000000255. The number of hydrogen-bond acceptors (Lipinski definition) is 13. The smallest absolute Gasteiger partial charge is 0.753 e. The number of benzene rings is 2. The van der Waals surface area contributed by atoms with Crippen molar-refractivity contribution in [1.29, 1.82) is 5.41 Å². The Kier molecular flexibility index (Phi) is 16.4. The molecule has 0 amide bonds. The van der Waals surface area contributed by atoms with Crippen LogP contribution in [0.3, 0.4) is 0 Å². The molecule has 4 aromatic heterocycles. The number of anilines is 3. The zero-order valence-electron chi connectivity index (χ0n) is 32.3. The third kappa shape index (κ3) is 11.4. The molecule has 0 atom stereocenters. The van der Waals surface area contributed by atoms with Crippen molar-refractivity contribution in [3.63, 3.8) is 0 Å². The van der Waals surface area contributed by atoms with Gasteiger partial charge in [-0.15, -0.1) is 5.70 Å². The predicted molar refractivity (Wildman–Crippen MR) is 228 cm³/mol. The SMILES string of the molecule is C[Si]1(C)c2ccccc2N(c2ccnc(/C([NH-])=C/C(=N)C(F)(F)F)c2)c2ccccc21.O=COc1ccnc(-c2cc(OC=O)cc(-c3cc(OC=O)ccn3)n2)c1.[N-]=C=S.[Ru+2]. The van der Waals surface area contributed by atoms with Crippen LogP contribution in [-0.2, 0) is 33.9 Å². The van der Waals surface area contributed by atoms with E-state index in [2.05, 4.69) is 62.3 Å². The molecule has 14 nitrogen and oxygen atoms in total. The summed E-state index contributed by atoms with van der Waals surface area (Å²) in [5.74, 6) is 0.760. The summed E-state index contributed by atoms with van der Waals surface area (Å²) in [6.45, 7) is 5.47. The molecule has 1 aliphatic rings. The van der Waals surface area contributed by atoms with E-state index in [0.29, 0.717) is 47.5 Å².